The molecule has 148 valence electrons. The van der Waals surface area contributed by atoms with E-state index >= 15 is 0 Å². The second-order valence-corrected chi connectivity index (χ2v) is 9.72. The van der Waals surface area contributed by atoms with Gasteiger partial charge >= 0.3 is 0 Å². The topological polar surface area (TPSA) is 47.0 Å². The van der Waals surface area contributed by atoms with Crippen LogP contribution in [-0.4, -0.2) is 27.9 Å². The second kappa shape index (κ2) is 8.39. The van der Waals surface area contributed by atoms with Crippen LogP contribution in [0, 0.1) is 0 Å². The predicted molar refractivity (Wildman–Crippen MR) is 120 cm³/mol. The third kappa shape index (κ3) is 4.04. The van der Waals surface area contributed by atoms with E-state index in [4.69, 9.17) is 14.7 Å². The van der Waals surface area contributed by atoms with Crippen LogP contribution in [-0.2, 0) is 24.2 Å². The van der Waals surface area contributed by atoms with Crippen LogP contribution in [0.2, 0.25) is 0 Å². The van der Waals surface area contributed by atoms with Crippen molar-refractivity contribution in [3.8, 4) is 0 Å². The van der Waals surface area contributed by atoms with E-state index in [0.717, 1.165) is 47.4 Å². The summed E-state index contributed by atoms with van der Waals surface area (Å²) in [6.45, 7) is 8.09. The van der Waals surface area contributed by atoms with Crippen LogP contribution in [0.4, 0.5) is 5.82 Å². The molecular weight excluding hydrogens is 386 g/mol. The lowest BCUT2D eigenvalue weighted by atomic mass is 9.90. The largest absolute Gasteiger partial charge is 0.369 e. The van der Waals surface area contributed by atoms with E-state index in [2.05, 4.69) is 56.4 Å². The average Bonchev–Trinajstić information content (AvgIpc) is 3.06. The van der Waals surface area contributed by atoms with Crippen molar-refractivity contribution in [2.75, 3.05) is 17.6 Å². The fourth-order valence-electron chi connectivity index (χ4n) is 3.57. The van der Waals surface area contributed by atoms with Crippen molar-refractivity contribution in [2.45, 2.75) is 57.4 Å². The second-order valence-electron chi connectivity index (χ2n) is 7.40. The summed E-state index contributed by atoms with van der Waals surface area (Å²) < 4.78 is 6.16. The number of nitrogens with zero attached hydrogens (tertiary/aromatic N) is 2. The Morgan fingerprint density at radius 3 is 2.79 bits per heavy atom. The molecule has 0 saturated heterocycles. The SMILES string of the molecule is CCSc1nc(NCCc2ccccc2)c2c3c(sc2n1)COC(C)(CC)C3. The Kier molecular flexibility index (Phi) is 5.90. The lowest BCUT2D eigenvalue weighted by Crippen LogP contribution is -2.34. The molecule has 3 aromatic rings. The monoisotopic (exact) mass is 413 g/mol. The van der Waals surface area contributed by atoms with Crippen molar-refractivity contribution in [3.63, 3.8) is 0 Å². The highest BCUT2D eigenvalue weighted by Crippen LogP contribution is 2.42. The van der Waals surface area contributed by atoms with E-state index in [0.29, 0.717) is 6.61 Å². The smallest absolute Gasteiger partial charge is 0.190 e. The Bertz CT molecular complexity index is 957. The maximum absolute atomic E-state index is 6.16. The van der Waals surface area contributed by atoms with Gasteiger partial charge in [-0.25, -0.2) is 9.97 Å². The van der Waals surface area contributed by atoms with Crippen LogP contribution < -0.4 is 5.32 Å². The number of aromatic nitrogens is 2. The van der Waals surface area contributed by atoms with Gasteiger partial charge in [0.2, 0.25) is 0 Å². The number of hydrogen-bond donors (Lipinski definition) is 1. The summed E-state index contributed by atoms with van der Waals surface area (Å²) in [5.74, 6) is 1.95. The maximum atomic E-state index is 6.16. The van der Waals surface area contributed by atoms with Crippen molar-refractivity contribution in [3.05, 3.63) is 46.3 Å². The molecule has 0 spiro atoms. The molecule has 1 N–H and O–H groups in total. The predicted octanol–water partition coefficient (Wildman–Crippen LogP) is 5.70. The number of benzene rings is 1. The zero-order valence-electron chi connectivity index (χ0n) is 16.7. The van der Waals surface area contributed by atoms with Crippen LogP contribution in [0.25, 0.3) is 10.2 Å². The molecule has 6 heteroatoms. The molecule has 28 heavy (non-hydrogen) atoms. The molecule has 1 unspecified atom stereocenters. The van der Waals surface area contributed by atoms with Crippen LogP contribution in [0.5, 0.6) is 0 Å². The van der Waals surface area contributed by atoms with Gasteiger partial charge in [0.15, 0.2) is 5.16 Å². The van der Waals surface area contributed by atoms with Gasteiger partial charge in [-0.3, -0.25) is 0 Å². The first-order valence-electron chi connectivity index (χ1n) is 9.98. The Balaban J connectivity index is 1.67. The molecule has 0 saturated carbocycles. The van der Waals surface area contributed by atoms with Gasteiger partial charge in [0, 0.05) is 17.8 Å². The number of thiophene rings is 1. The third-order valence-corrected chi connectivity index (χ3v) is 7.22. The van der Waals surface area contributed by atoms with Gasteiger partial charge in [-0.1, -0.05) is 55.9 Å². The van der Waals surface area contributed by atoms with E-state index in [9.17, 15) is 0 Å². The summed E-state index contributed by atoms with van der Waals surface area (Å²) in [4.78, 5) is 12.1. The number of nitrogens with one attached hydrogen (secondary N) is 1. The van der Waals surface area contributed by atoms with Gasteiger partial charge in [-0.15, -0.1) is 11.3 Å². The average molecular weight is 414 g/mol. The van der Waals surface area contributed by atoms with Crippen LogP contribution in [0.3, 0.4) is 0 Å². The van der Waals surface area contributed by atoms with Gasteiger partial charge in [-0.2, -0.15) is 0 Å². The number of rotatable bonds is 7. The van der Waals surface area contributed by atoms with E-state index in [1.807, 2.05) is 0 Å². The van der Waals surface area contributed by atoms with Gasteiger partial charge in [0.25, 0.3) is 0 Å². The Hall–Kier alpha value is -1.63. The van der Waals surface area contributed by atoms with Crippen molar-refractivity contribution >= 4 is 39.1 Å². The minimum atomic E-state index is -0.0981. The molecule has 4 nitrogen and oxygen atoms in total. The number of thioether (sulfide) groups is 1. The molecule has 0 radical (unpaired) electrons. The van der Waals surface area contributed by atoms with Crippen molar-refractivity contribution < 1.29 is 4.74 Å². The van der Waals surface area contributed by atoms with E-state index in [-0.39, 0.29) is 5.60 Å². The highest BCUT2D eigenvalue weighted by molar-refractivity contribution is 7.99. The van der Waals surface area contributed by atoms with E-state index in [1.54, 1.807) is 23.1 Å². The number of fused-ring (bicyclic) bond motifs is 3. The van der Waals surface area contributed by atoms with Gasteiger partial charge < -0.3 is 10.1 Å². The van der Waals surface area contributed by atoms with Crippen LogP contribution in [0.1, 0.15) is 43.2 Å². The zero-order valence-corrected chi connectivity index (χ0v) is 18.4. The third-order valence-electron chi connectivity index (χ3n) is 5.39. The first kappa shape index (κ1) is 19.7. The molecule has 1 aliphatic heterocycles. The molecule has 0 fully saturated rings. The first-order valence-corrected chi connectivity index (χ1v) is 11.8. The van der Waals surface area contributed by atoms with E-state index < -0.39 is 0 Å². The lowest BCUT2D eigenvalue weighted by molar-refractivity contribution is -0.0542. The Morgan fingerprint density at radius 2 is 2.04 bits per heavy atom. The molecule has 0 aliphatic carbocycles. The summed E-state index contributed by atoms with van der Waals surface area (Å²) in [6.07, 6.45) is 2.91. The lowest BCUT2D eigenvalue weighted by Gasteiger charge is -2.33. The summed E-state index contributed by atoms with van der Waals surface area (Å²) >= 11 is 3.46. The van der Waals surface area contributed by atoms with Crippen molar-refractivity contribution in [2.24, 2.45) is 0 Å². The summed E-state index contributed by atoms with van der Waals surface area (Å²) in [7, 11) is 0. The molecule has 0 bridgehead atoms. The molecule has 2 aromatic heterocycles. The first-order chi connectivity index (χ1) is 13.6. The molecule has 3 heterocycles. The van der Waals surface area contributed by atoms with Gasteiger partial charge in [0.05, 0.1) is 17.6 Å². The highest BCUT2D eigenvalue weighted by atomic mass is 32.2. The molecule has 0 amide bonds. The quantitative estimate of drug-likeness (QED) is 0.398. The van der Waals surface area contributed by atoms with Crippen molar-refractivity contribution in [1.29, 1.82) is 0 Å². The van der Waals surface area contributed by atoms with Gasteiger partial charge in [0.1, 0.15) is 10.6 Å². The number of hydrogen-bond acceptors (Lipinski definition) is 6. The standard InChI is InChI=1S/C22H27N3OS2/c1-4-22(3)13-16-17(14-26-22)28-20-18(16)19(24-21(25-20)27-5-2)23-12-11-15-9-7-6-8-10-15/h6-10H,4-5,11-14H2,1-3H3,(H,23,24,25). The maximum Gasteiger partial charge on any atom is 0.190 e. The van der Waals surface area contributed by atoms with Crippen LogP contribution in [0.15, 0.2) is 35.5 Å². The van der Waals surface area contributed by atoms with E-state index in [1.165, 1.54) is 21.4 Å². The fourth-order valence-corrected chi connectivity index (χ4v) is 5.30. The summed E-state index contributed by atoms with van der Waals surface area (Å²) in [6, 6.07) is 10.6. The summed E-state index contributed by atoms with van der Waals surface area (Å²) in [5, 5.41) is 5.68. The zero-order chi connectivity index (χ0) is 19.6. The number of ether oxygens (including phenoxy) is 1. The minimum Gasteiger partial charge on any atom is -0.369 e. The van der Waals surface area contributed by atoms with Crippen molar-refractivity contribution in [1.82, 2.24) is 9.97 Å². The Morgan fingerprint density at radius 1 is 1.21 bits per heavy atom. The molecule has 1 atom stereocenters. The molecular formula is C22H27N3OS2. The molecule has 4 rings (SSSR count). The highest BCUT2D eigenvalue weighted by Gasteiger charge is 2.33. The van der Waals surface area contributed by atoms with Crippen LogP contribution >= 0.6 is 23.1 Å². The van der Waals surface area contributed by atoms with Gasteiger partial charge in [-0.05, 0) is 36.6 Å². The Labute approximate surface area is 175 Å². The summed E-state index contributed by atoms with van der Waals surface area (Å²) in [5.41, 5.74) is 2.62. The molecule has 1 aromatic carbocycles. The normalized spacial score (nSPS) is 19.0. The number of anilines is 1. The minimum absolute atomic E-state index is 0.0981. The fraction of sp³-hybridized carbons (Fsp3) is 0.455. The molecule has 1 aliphatic rings.